The third-order valence-electron chi connectivity index (χ3n) is 7.79. The standard InChI is InChI=1S/2C11H11N5O2/c12-10-13-2-7-8(15-10)14-5-16(7)4-11-1-6(11)3-18-9(11)17;12-10-13-2-7-8(15-10)16(5-14-7)4-11-1-6(11)3-18-9(11)17/h2*2,5-6H,1,3-4H2,(H2,12,13,15)/t2*6-,11+/m00/s1. The van der Waals surface area contributed by atoms with Gasteiger partial charge in [-0.15, -0.1) is 0 Å². The van der Waals surface area contributed by atoms with E-state index in [1.807, 2.05) is 9.13 Å². The third kappa shape index (κ3) is 3.03. The van der Waals surface area contributed by atoms with Crippen LogP contribution in [-0.4, -0.2) is 64.2 Å². The number of nitrogens with two attached hydrogens (primary N) is 2. The van der Waals surface area contributed by atoms with Crippen molar-refractivity contribution in [2.45, 2.75) is 25.9 Å². The summed E-state index contributed by atoms with van der Waals surface area (Å²) >= 11 is 0. The minimum Gasteiger partial charge on any atom is -0.465 e. The van der Waals surface area contributed by atoms with Gasteiger partial charge >= 0.3 is 11.9 Å². The molecule has 0 bridgehead atoms. The monoisotopic (exact) mass is 490 g/mol. The highest BCUT2D eigenvalue weighted by molar-refractivity contribution is 5.84. The van der Waals surface area contributed by atoms with Crippen LogP contribution in [0.1, 0.15) is 12.8 Å². The molecule has 0 unspecified atom stereocenters. The quantitative estimate of drug-likeness (QED) is 0.363. The fourth-order valence-corrected chi connectivity index (χ4v) is 5.44. The summed E-state index contributed by atoms with van der Waals surface area (Å²) in [5.74, 6) is 0.930. The summed E-state index contributed by atoms with van der Waals surface area (Å²) in [5, 5.41) is 0. The molecule has 2 aliphatic carbocycles. The number of carbonyl (C=O) groups is 2. The molecule has 6 heterocycles. The molecule has 8 rings (SSSR count). The van der Waals surface area contributed by atoms with E-state index in [4.69, 9.17) is 20.9 Å². The van der Waals surface area contributed by atoms with Crippen LogP contribution in [0, 0.1) is 22.7 Å². The zero-order valence-corrected chi connectivity index (χ0v) is 19.1. The Hall–Kier alpha value is -4.36. The molecule has 14 heteroatoms. The topological polar surface area (TPSA) is 192 Å². The van der Waals surface area contributed by atoms with Gasteiger partial charge in [-0.05, 0) is 12.8 Å². The molecule has 4 aliphatic rings. The van der Waals surface area contributed by atoms with Crippen LogP contribution in [0.5, 0.6) is 0 Å². The molecule has 4 aromatic heterocycles. The number of fused-ring (bicyclic) bond motifs is 4. The average molecular weight is 490 g/mol. The van der Waals surface area contributed by atoms with Gasteiger partial charge < -0.3 is 30.1 Å². The van der Waals surface area contributed by atoms with Crippen molar-refractivity contribution in [3.8, 4) is 0 Å². The largest absolute Gasteiger partial charge is 0.465 e. The Bertz CT molecular complexity index is 1560. The number of anilines is 2. The molecule has 2 saturated carbocycles. The van der Waals surface area contributed by atoms with Crippen molar-refractivity contribution in [1.29, 1.82) is 0 Å². The smallest absolute Gasteiger partial charge is 0.314 e. The lowest BCUT2D eigenvalue weighted by Crippen LogP contribution is -2.20. The minimum atomic E-state index is -0.354. The predicted molar refractivity (Wildman–Crippen MR) is 122 cm³/mol. The number of hydrogen-bond donors (Lipinski definition) is 2. The minimum absolute atomic E-state index is 0.0919. The van der Waals surface area contributed by atoms with Crippen molar-refractivity contribution < 1.29 is 19.1 Å². The van der Waals surface area contributed by atoms with Crippen LogP contribution in [0.3, 0.4) is 0 Å². The van der Waals surface area contributed by atoms with E-state index in [0.717, 1.165) is 18.4 Å². The van der Waals surface area contributed by atoms with E-state index in [0.29, 0.717) is 55.0 Å². The van der Waals surface area contributed by atoms with Crippen LogP contribution in [0.15, 0.2) is 25.0 Å². The van der Waals surface area contributed by atoms with Gasteiger partial charge in [0.1, 0.15) is 11.0 Å². The summed E-state index contributed by atoms with van der Waals surface area (Å²) < 4.78 is 13.9. The van der Waals surface area contributed by atoms with Crippen LogP contribution in [0.4, 0.5) is 11.9 Å². The lowest BCUT2D eigenvalue weighted by Gasteiger charge is -2.10. The number of cyclic esters (lactones) is 2. The summed E-state index contributed by atoms with van der Waals surface area (Å²) in [4.78, 5) is 47.9. The Labute approximate surface area is 203 Å². The predicted octanol–water partition coefficient (Wildman–Crippen LogP) is -0.0568. The van der Waals surface area contributed by atoms with Crippen molar-refractivity contribution in [2.24, 2.45) is 22.7 Å². The van der Waals surface area contributed by atoms with Crippen LogP contribution in [0.25, 0.3) is 22.3 Å². The zero-order valence-electron chi connectivity index (χ0n) is 19.1. The zero-order chi connectivity index (χ0) is 24.7. The summed E-state index contributed by atoms with van der Waals surface area (Å²) in [5.41, 5.74) is 13.1. The van der Waals surface area contributed by atoms with E-state index < -0.39 is 0 Å². The van der Waals surface area contributed by atoms with E-state index in [-0.39, 0.29) is 34.7 Å². The van der Waals surface area contributed by atoms with Gasteiger partial charge in [-0.1, -0.05) is 0 Å². The van der Waals surface area contributed by atoms with E-state index in [1.54, 1.807) is 25.0 Å². The Balaban J connectivity index is 0.000000122. The number of hydrogen-bond acceptors (Lipinski definition) is 12. The normalized spacial score (nSPS) is 29.3. The Kier molecular flexibility index (Phi) is 4.13. The highest BCUT2D eigenvalue weighted by Gasteiger charge is 2.66. The molecule has 2 aliphatic heterocycles. The maximum atomic E-state index is 11.8. The van der Waals surface area contributed by atoms with E-state index >= 15 is 0 Å². The average Bonchev–Trinajstić information content (AvgIpc) is 3.52. The number of rotatable bonds is 4. The summed E-state index contributed by atoms with van der Waals surface area (Å²) in [6.45, 7) is 2.24. The molecule has 0 spiro atoms. The number of aromatic nitrogens is 8. The SMILES string of the molecule is Nc1ncc2c(ncn2C[C@]23C[C@H]2COC3=O)n1.Nc1ncc2ncn(C[C@]34C[C@H]3COC4=O)c2n1. The first kappa shape index (κ1) is 21.0. The first-order valence-electron chi connectivity index (χ1n) is 11.6. The lowest BCUT2D eigenvalue weighted by atomic mass is 10.1. The molecule has 36 heavy (non-hydrogen) atoms. The molecule has 0 radical (unpaired) electrons. The van der Waals surface area contributed by atoms with Crippen molar-refractivity contribution in [1.82, 2.24) is 39.0 Å². The Morgan fingerprint density at radius 3 is 2.08 bits per heavy atom. The number of imidazole rings is 2. The molecule has 4 N–H and O–H groups in total. The van der Waals surface area contributed by atoms with Crippen molar-refractivity contribution >= 4 is 46.2 Å². The number of nitrogen functional groups attached to an aromatic ring is 2. The first-order valence-corrected chi connectivity index (χ1v) is 11.6. The molecule has 0 amide bonds. The second-order valence-electron chi connectivity index (χ2n) is 9.93. The Morgan fingerprint density at radius 1 is 0.833 bits per heavy atom. The van der Waals surface area contributed by atoms with Crippen LogP contribution in [-0.2, 0) is 32.2 Å². The number of carbonyl (C=O) groups excluding carboxylic acids is 2. The number of nitrogens with zero attached hydrogens (tertiary/aromatic N) is 8. The number of ether oxygens (including phenoxy) is 2. The highest BCUT2D eigenvalue weighted by Crippen LogP contribution is 2.59. The fourth-order valence-electron chi connectivity index (χ4n) is 5.44. The van der Waals surface area contributed by atoms with Crippen molar-refractivity contribution in [3.63, 3.8) is 0 Å². The van der Waals surface area contributed by atoms with Gasteiger partial charge in [0.2, 0.25) is 11.9 Å². The highest BCUT2D eigenvalue weighted by atomic mass is 16.5. The second-order valence-corrected chi connectivity index (χ2v) is 9.93. The molecule has 184 valence electrons. The lowest BCUT2D eigenvalue weighted by molar-refractivity contribution is -0.146. The Morgan fingerprint density at radius 2 is 1.44 bits per heavy atom. The van der Waals surface area contributed by atoms with E-state index in [1.165, 1.54) is 0 Å². The molecular weight excluding hydrogens is 468 g/mol. The molecule has 4 fully saturated rings. The van der Waals surface area contributed by atoms with Crippen molar-refractivity contribution in [2.75, 3.05) is 24.7 Å². The van der Waals surface area contributed by atoms with Crippen LogP contribution >= 0.6 is 0 Å². The number of esters is 2. The van der Waals surface area contributed by atoms with Gasteiger partial charge in [0.05, 0.1) is 49.1 Å². The maximum absolute atomic E-state index is 11.8. The summed E-state index contributed by atoms with van der Waals surface area (Å²) in [7, 11) is 0. The maximum Gasteiger partial charge on any atom is 0.314 e. The molecular formula is C22H22N10O4. The molecule has 4 atom stereocenters. The summed E-state index contributed by atoms with van der Waals surface area (Å²) in [6, 6.07) is 0. The van der Waals surface area contributed by atoms with Gasteiger partial charge in [-0.3, -0.25) is 9.59 Å². The molecule has 0 aromatic carbocycles. The molecule has 14 nitrogen and oxygen atoms in total. The first-order chi connectivity index (χ1) is 17.4. The van der Waals surface area contributed by atoms with E-state index in [9.17, 15) is 9.59 Å². The fraction of sp³-hybridized carbons (Fsp3) is 0.455. The van der Waals surface area contributed by atoms with E-state index in [2.05, 4.69) is 29.9 Å². The van der Waals surface area contributed by atoms with Crippen LogP contribution in [0.2, 0.25) is 0 Å². The van der Waals surface area contributed by atoms with Gasteiger partial charge in [0.15, 0.2) is 11.3 Å². The summed E-state index contributed by atoms with van der Waals surface area (Å²) in [6.07, 6.45) is 8.37. The molecule has 4 aromatic rings. The van der Waals surface area contributed by atoms with Gasteiger partial charge in [-0.2, -0.15) is 9.97 Å². The van der Waals surface area contributed by atoms with Crippen molar-refractivity contribution in [3.05, 3.63) is 25.0 Å². The van der Waals surface area contributed by atoms with Gasteiger partial charge in [-0.25, -0.2) is 19.9 Å². The van der Waals surface area contributed by atoms with Gasteiger partial charge in [0, 0.05) is 24.9 Å². The van der Waals surface area contributed by atoms with Crippen LogP contribution < -0.4 is 11.5 Å². The second kappa shape index (κ2) is 7.08. The molecule has 2 saturated heterocycles. The van der Waals surface area contributed by atoms with Gasteiger partial charge in [0.25, 0.3) is 0 Å². The third-order valence-corrected chi connectivity index (χ3v) is 7.79.